The Bertz CT molecular complexity index is 722. The van der Waals surface area contributed by atoms with E-state index in [0.29, 0.717) is 0 Å². The van der Waals surface area contributed by atoms with E-state index in [1.54, 1.807) is 0 Å². The zero-order valence-electron chi connectivity index (χ0n) is 16.1. The van der Waals surface area contributed by atoms with Crippen LogP contribution in [0.25, 0.3) is 0 Å². The van der Waals surface area contributed by atoms with E-state index in [2.05, 4.69) is 50.0 Å². The minimum atomic E-state index is 0.744. The lowest BCUT2D eigenvalue weighted by molar-refractivity contribution is 0.309. The Balaban J connectivity index is 1.57. The Morgan fingerprint density at radius 1 is 0.846 bits per heavy atom. The number of benzene rings is 2. The summed E-state index contributed by atoms with van der Waals surface area (Å²) in [4.78, 5) is 0. The van der Waals surface area contributed by atoms with Crippen molar-refractivity contribution in [2.24, 2.45) is 5.92 Å². The summed E-state index contributed by atoms with van der Waals surface area (Å²) in [5.41, 5.74) is 3.59. The van der Waals surface area contributed by atoms with Crippen LogP contribution in [0.1, 0.15) is 75.0 Å². The Kier molecular flexibility index (Phi) is 6.78. The standard InChI is InChI=1S/C25H30O/c1-3-4-19-26-25-17-11-22(12-18-25)8-7-21-9-15-24(16-10-21)23-13-5-20(2)6-14-23/h9-12,15-18,20,23H,3-6,13-14,19H2,1-2H3/t20-,23-. The molecule has 2 aromatic carbocycles. The summed E-state index contributed by atoms with van der Waals surface area (Å²) in [5.74, 6) is 9.11. The van der Waals surface area contributed by atoms with Crippen molar-refractivity contribution in [3.05, 3.63) is 65.2 Å². The second kappa shape index (κ2) is 9.48. The minimum Gasteiger partial charge on any atom is -0.494 e. The van der Waals surface area contributed by atoms with Gasteiger partial charge in [0.15, 0.2) is 0 Å². The van der Waals surface area contributed by atoms with Gasteiger partial charge in [0, 0.05) is 11.1 Å². The SMILES string of the molecule is CCCCOc1ccc(C#Cc2ccc([C@H]3CC[C@H](C)CC3)cc2)cc1. The first-order valence-corrected chi connectivity index (χ1v) is 10.1. The Morgan fingerprint density at radius 2 is 1.42 bits per heavy atom. The van der Waals surface area contributed by atoms with Crippen molar-refractivity contribution in [3.8, 4) is 17.6 Å². The van der Waals surface area contributed by atoms with Crippen LogP contribution in [0.15, 0.2) is 48.5 Å². The quantitative estimate of drug-likeness (QED) is 0.440. The monoisotopic (exact) mass is 346 g/mol. The van der Waals surface area contributed by atoms with Crippen molar-refractivity contribution in [2.45, 2.75) is 58.3 Å². The third-order valence-corrected chi connectivity index (χ3v) is 5.37. The molecule has 0 heterocycles. The van der Waals surface area contributed by atoms with Gasteiger partial charge in [-0.3, -0.25) is 0 Å². The van der Waals surface area contributed by atoms with Crippen LogP contribution in [-0.4, -0.2) is 6.61 Å². The molecule has 0 bridgehead atoms. The molecule has 2 aromatic rings. The van der Waals surface area contributed by atoms with Crippen molar-refractivity contribution in [3.63, 3.8) is 0 Å². The van der Waals surface area contributed by atoms with Crippen LogP contribution < -0.4 is 4.74 Å². The van der Waals surface area contributed by atoms with Gasteiger partial charge in [-0.25, -0.2) is 0 Å². The predicted octanol–water partition coefficient (Wildman–Crippen LogP) is 6.56. The van der Waals surface area contributed by atoms with Crippen LogP contribution in [-0.2, 0) is 0 Å². The summed E-state index contributed by atoms with van der Waals surface area (Å²) >= 11 is 0. The average Bonchev–Trinajstić information content (AvgIpc) is 2.69. The summed E-state index contributed by atoms with van der Waals surface area (Å²) in [6.07, 6.45) is 7.64. The molecule has 3 rings (SSSR count). The molecule has 26 heavy (non-hydrogen) atoms. The molecule has 0 radical (unpaired) electrons. The van der Waals surface area contributed by atoms with Crippen molar-refractivity contribution in [2.75, 3.05) is 6.61 Å². The van der Waals surface area contributed by atoms with Crippen LogP contribution >= 0.6 is 0 Å². The summed E-state index contributed by atoms with van der Waals surface area (Å²) in [6.45, 7) is 5.33. The Hall–Kier alpha value is -2.20. The van der Waals surface area contributed by atoms with E-state index in [-0.39, 0.29) is 0 Å². The van der Waals surface area contributed by atoms with Crippen LogP contribution in [0.5, 0.6) is 5.75 Å². The molecular weight excluding hydrogens is 316 g/mol. The summed E-state index contributed by atoms with van der Waals surface area (Å²) in [6, 6.07) is 17.0. The predicted molar refractivity (Wildman–Crippen MR) is 110 cm³/mol. The van der Waals surface area contributed by atoms with Gasteiger partial charge >= 0.3 is 0 Å². The van der Waals surface area contributed by atoms with Crippen LogP contribution in [0.2, 0.25) is 0 Å². The van der Waals surface area contributed by atoms with Gasteiger partial charge in [0.05, 0.1) is 6.61 Å². The fourth-order valence-corrected chi connectivity index (χ4v) is 3.55. The molecular formula is C25H30O. The molecule has 136 valence electrons. The van der Waals surface area contributed by atoms with E-state index in [9.17, 15) is 0 Å². The fraction of sp³-hybridized carbons (Fsp3) is 0.440. The molecule has 0 aliphatic heterocycles. The van der Waals surface area contributed by atoms with Crippen molar-refractivity contribution in [1.29, 1.82) is 0 Å². The van der Waals surface area contributed by atoms with Crippen molar-refractivity contribution < 1.29 is 4.74 Å². The van der Waals surface area contributed by atoms with E-state index < -0.39 is 0 Å². The fourth-order valence-electron chi connectivity index (χ4n) is 3.55. The highest BCUT2D eigenvalue weighted by atomic mass is 16.5. The molecule has 1 aliphatic rings. The van der Waals surface area contributed by atoms with Gasteiger partial charge in [-0.1, -0.05) is 57.1 Å². The van der Waals surface area contributed by atoms with E-state index >= 15 is 0 Å². The second-order valence-corrected chi connectivity index (χ2v) is 7.56. The maximum absolute atomic E-state index is 5.69. The smallest absolute Gasteiger partial charge is 0.119 e. The molecule has 1 aliphatic carbocycles. The molecule has 0 spiro atoms. The normalized spacial score (nSPS) is 19.5. The summed E-state index contributed by atoms with van der Waals surface area (Å²) < 4.78 is 5.69. The van der Waals surface area contributed by atoms with E-state index in [1.165, 1.54) is 31.2 Å². The lowest BCUT2D eigenvalue weighted by Crippen LogP contribution is -2.10. The number of unbranched alkanes of at least 4 members (excludes halogenated alkanes) is 1. The summed E-state index contributed by atoms with van der Waals surface area (Å²) in [5, 5.41) is 0. The molecule has 1 heteroatoms. The lowest BCUT2D eigenvalue weighted by Gasteiger charge is -2.26. The average molecular weight is 347 g/mol. The maximum atomic E-state index is 5.69. The molecule has 0 aromatic heterocycles. The number of ether oxygens (including phenoxy) is 1. The molecule has 0 N–H and O–H groups in total. The van der Waals surface area contributed by atoms with Gasteiger partial charge < -0.3 is 4.74 Å². The van der Waals surface area contributed by atoms with Gasteiger partial charge in [0.2, 0.25) is 0 Å². The molecule has 0 unspecified atom stereocenters. The maximum Gasteiger partial charge on any atom is 0.119 e. The molecule has 0 saturated heterocycles. The Labute approximate surface area is 158 Å². The molecule has 0 atom stereocenters. The third-order valence-electron chi connectivity index (χ3n) is 5.37. The van der Waals surface area contributed by atoms with Gasteiger partial charge in [0.1, 0.15) is 5.75 Å². The van der Waals surface area contributed by atoms with Crippen LogP contribution in [0.4, 0.5) is 0 Å². The van der Waals surface area contributed by atoms with Gasteiger partial charge in [-0.15, -0.1) is 0 Å². The first-order chi connectivity index (χ1) is 12.7. The number of rotatable bonds is 5. The van der Waals surface area contributed by atoms with Gasteiger partial charge in [-0.2, -0.15) is 0 Å². The summed E-state index contributed by atoms with van der Waals surface area (Å²) in [7, 11) is 0. The van der Waals surface area contributed by atoms with Crippen molar-refractivity contribution >= 4 is 0 Å². The molecule has 1 fully saturated rings. The highest BCUT2D eigenvalue weighted by Gasteiger charge is 2.19. The highest BCUT2D eigenvalue weighted by molar-refractivity contribution is 5.45. The number of hydrogen-bond acceptors (Lipinski definition) is 1. The molecule has 1 nitrogen and oxygen atoms in total. The van der Waals surface area contributed by atoms with Crippen LogP contribution in [0.3, 0.4) is 0 Å². The van der Waals surface area contributed by atoms with E-state index in [0.717, 1.165) is 48.2 Å². The van der Waals surface area contributed by atoms with Gasteiger partial charge in [0.25, 0.3) is 0 Å². The topological polar surface area (TPSA) is 9.23 Å². The Morgan fingerprint density at radius 3 is 2.00 bits per heavy atom. The largest absolute Gasteiger partial charge is 0.494 e. The first kappa shape index (κ1) is 18.6. The number of hydrogen-bond donors (Lipinski definition) is 0. The second-order valence-electron chi connectivity index (χ2n) is 7.56. The van der Waals surface area contributed by atoms with Gasteiger partial charge in [-0.05, 0) is 73.1 Å². The minimum absolute atomic E-state index is 0.744. The van der Waals surface area contributed by atoms with E-state index in [1.807, 2.05) is 24.3 Å². The zero-order chi connectivity index (χ0) is 18.2. The highest BCUT2D eigenvalue weighted by Crippen LogP contribution is 2.35. The van der Waals surface area contributed by atoms with Crippen molar-refractivity contribution in [1.82, 2.24) is 0 Å². The van der Waals surface area contributed by atoms with E-state index in [4.69, 9.17) is 4.74 Å². The molecule has 0 amide bonds. The molecule has 1 saturated carbocycles. The zero-order valence-corrected chi connectivity index (χ0v) is 16.1. The lowest BCUT2D eigenvalue weighted by atomic mass is 9.79. The first-order valence-electron chi connectivity index (χ1n) is 10.1. The van der Waals surface area contributed by atoms with Crippen LogP contribution in [0, 0.1) is 17.8 Å². The third kappa shape index (κ3) is 5.40.